The van der Waals surface area contributed by atoms with Gasteiger partial charge >= 0.3 is 5.97 Å². The summed E-state index contributed by atoms with van der Waals surface area (Å²) >= 11 is 11.3. The lowest BCUT2D eigenvalue weighted by Crippen LogP contribution is -2.12. The molecule has 0 amide bonds. The lowest BCUT2D eigenvalue weighted by molar-refractivity contribution is -0.142. The van der Waals surface area contributed by atoms with Gasteiger partial charge in [0.2, 0.25) is 0 Å². The van der Waals surface area contributed by atoms with Gasteiger partial charge in [-0.2, -0.15) is 0 Å². The van der Waals surface area contributed by atoms with Gasteiger partial charge in [-0.15, -0.1) is 11.6 Å². The van der Waals surface area contributed by atoms with Gasteiger partial charge in [0.1, 0.15) is 5.82 Å². The van der Waals surface area contributed by atoms with Gasteiger partial charge in [-0.3, -0.25) is 4.79 Å². The minimum absolute atomic E-state index is 0.0302. The minimum atomic E-state index is -1.16. The molecule has 0 spiro atoms. The van der Waals surface area contributed by atoms with Crippen LogP contribution in [-0.4, -0.2) is 12.6 Å². The van der Waals surface area contributed by atoms with E-state index in [-0.39, 0.29) is 17.2 Å². The van der Waals surface area contributed by atoms with Crippen molar-refractivity contribution in [1.82, 2.24) is 0 Å². The fraction of sp³-hybridized carbons (Fsp3) is 0.300. The molecule has 0 saturated carbocycles. The minimum Gasteiger partial charge on any atom is -0.465 e. The third kappa shape index (κ3) is 2.83. The Morgan fingerprint density at radius 1 is 1.60 bits per heavy atom. The molecule has 0 radical (unpaired) electrons. The maximum Gasteiger partial charge on any atom is 0.328 e. The second-order valence-corrected chi connectivity index (χ2v) is 3.60. The van der Waals surface area contributed by atoms with E-state index in [0.717, 1.165) is 0 Å². The number of carbonyl (C=O) groups excluding carboxylic acids is 1. The highest BCUT2D eigenvalue weighted by molar-refractivity contribution is 6.32. The van der Waals surface area contributed by atoms with Crippen LogP contribution in [-0.2, 0) is 9.53 Å². The van der Waals surface area contributed by atoms with Crippen LogP contribution in [0.2, 0.25) is 5.02 Å². The van der Waals surface area contributed by atoms with E-state index in [4.69, 9.17) is 23.2 Å². The summed E-state index contributed by atoms with van der Waals surface area (Å²) in [7, 11) is 0. The molecule has 0 aliphatic carbocycles. The molecule has 5 heteroatoms. The SMILES string of the molecule is CCOC(=O)C(Cl)c1cccc(Cl)c1F. The third-order valence-electron chi connectivity index (χ3n) is 1.75. The molecule has 82 valence electrons. The lowest BCUT2D eigenvalue weighted by atomic mass is 10.1. The lowest BCUT2D eigenvalue weighted by Gasteiger charge is -2.10. The Kier molecular flexibility index (Phi) is 4.36. The highest BCUT2D eigenvalue weighted by Crippen LogP contribution is 2.28. The van der Waals surface area contributed by atoms with E-state index in [1.54, 1.807) is 6.92 Å². The quantitative estimate of drug-likeness (QED) is 0.608. The average molecular weight is 251 g/mol. The first kappa shape index (κ1) is 12.3. The van der Waals surface area contributed by atoms with Gasteiger partial charge in [0.25, 0.3) is 0 Å². The van der Waals surface area contributed by atoms with Crippen LogP contribution < -0.4 is 0 Å². The van der Waals surface area contributed by atoms with Crippen LogP contribution in [0.25, 0.3) is 0 Å². The average Bonchev–Trinajstić information content (AvgIpc) is 2.21. The monoisotopic (exact) mass is 250 g/mol. The molecule has 0 bridgehead atoms. The Morgan fingerprint density at radius 2 is 2.27 bits per heavy atom. The van der Waals surface area contributed by atoms with E-state index in [1.165, 1.54) is 18.2 Å². The van der Waals surface area contributed by atoms with Crippen molar-refractivity contribution in [3.63, 3.8) is 0 Å². The first-order valence-electron chi connectivity index (χ1n) is 4.32. The summed E-state index contributed by atoms with van der Waals surface area (Å²) in [5, 5.41) is -1.23. The summed E-state index contributed by atoms with van der Waals surface area (Å²) in [5.74, 6) is -1.37. The molecule has 0 heterocycles. The summed E-state index contributed by atoms with van der Waals surface area (Å²) in [6.07, 6.45) is 0. The first-order valence-corrected chi connectivity index (χ1v) is 5.14. The summed E-state index contributed by atoms with van der Waals surface area (Å²) < 4.78 is 18.1. The second-order valence-electron chi connectivity index (χ2n) is 2.76. The Bertz CT molecular complexity index is 368. The Morgan fingerprint density at radius 3 is 2.87 bits per heavy atom. The van der Waals surface area contributed by atoms with Gasteiger partial charge in [-0.25, -0.2) is 4.39 Å². The van der Waals surface area contributed by atoms with Crippen LogP contribution >= 0.6 is 23.2 Å². The predicted molar refractivity (Wildman–Crippen MR) is 56.6 cm³/mol. The van der Waals surface area contributed by atoms with Crippen molar-refractivity contribution in [3.05, 3.63) is 34.6 Å². The van der Waals surface area contributed by atoms with E-state index in [1.807, 2.05) is 0 Å². The number of halogens is 3. The standard InChI is InChI=1S/C10H9Cl2FO2/c1-2-15-10(14)8(12)6-4-3-5-7(11)9(6)13/h3-5,8H,2H2,1H3. The predicted octanol–water partition coefficient (Wildman–Crippen LogP) is 3.32. The van der Waals surface area contributed by atoms with Crippen LogP contribution in [0, 0.1) is 5.82 Å². The van der Waals surface area contributed by atoms with E-state index in [2.05, 4.69) is 4.74 Å². The van der Waals surface area contributed by atoms with E-state index >= 15 is 0 Å². The molecule has 0 N–H and O–H groups in total. The van der Waals surface area contributed by atoms with E-state index < -0.39 is 17.2 Å². The number of esters is 1. The van der Waals surface area contributed by atoms with Gasteiger partial charge in [-0.1, -0.05) is 23.7 Å². The molecule has 0 saturated heterocycles. The molecule has 1 rings (SSSR count). The maximum atomic E-state index is 13.4. The fourth-order valence-electron chi connectivity index (χ4n) is 1.06. The third-order valence-corrected chi connectivity index (χ3v) is 2.45. The van der Waals surface area contributed by atoms with Crippen LogP contribution in [0.5, 0.6) is 0 Å². The van der Waals surface area contributed by atoms with Crippen molar-refractivity contribution in [2.75, 3.05) is 6.61 Å². The Hall–Kier alpha value is -0.800. The number of hydrogen-bond donors (Lipinski definition) is 0. The number of hydrogen-bond acceptors (Lipinski definition) is 2. The zero-order chi connectivity index (χ0) is 11.4. The highest BCUT2D eigenvalue weighted by Gasteiger charge is 2.23. The summed E-state index contributed by atoms with van der Waals surface area (Å²) in [6.45, 7) is 1.85. The molecular weight excluding hydrogens is 242 g/mol. The molecule has 0 fully saturated rings. The van der Waals surface area contributed by atoms with Crippen LogP contribution in [0.3, 0.4) is 0 Å². The van der Waals surface area contributed by atoms with Crippen molar-refractivity contribution in [3.8, 4) is 0 Å². The Labute approximate surface area is 96.9 Å². The molecule has 1 unspecified atom stereocenters. The number of carbonyl (C=O) groups is 1. The summed E-state index contributed by atoms with van der Waals surface area (Å²) in [4.78, 5) is 11.2. The zero-order valence-electron chi connectivity index (χ0n) is 7.97. The van der Waals surface area contributed by atoms with Gasteiger partial charge in [0, 0.05) is 5.56 Å². The number of rotatable bonds is 3. The van der Waals surface area contributed by atoms with E-state index in [0.29, 0.717) is 0 Å². The van der Waals surface area contributed by atoms with Crippen molar-refractivity contribution < 1.29 is 13.9 Å². The number of alkyl halides is 1. The molecular formula is C10H9Cl2FO2. The largest absolute Gasteiger partial charge is 0.465 e. The van der Waals surface area contributed by atoms with Gasteiger partial charge in [-0.05, 0) is 13.0 Å². The molecule has 1 aromatic carbocycles. The van der Waals surface area contributed by atoms with Crippen molar-refractivity contribution in [2.45, 2.75) is 12.3 Å². The van der Waals surface area contributed by atoms with E-state index in [9.17, 15) is 9.18 Å². The fourth-order valence-corrected chi connectivity index (χ4v) is 1.47. The molecule has 1 aromatic rings. The first-order chi connectivity index (χ1) is 7.07. The van der Waals surface area contributed by atoms with Gasteiger partial charge in [0.05, 0.1) is 11.6 Å². The molecule has 0 aromatic heterocycles. The molecule has 15 heavy (non-hydrogen) atoms. The number of ether oxygens (including phenoxy) is 1. The second kappa shape index (κ2) is 5.33. The molecule has 1 atom stereocenters. The van der Waals surface area contributed by atoms with Crippen molar-refractivity contribution in [2.24, 2.45) is 0 Å². The Balaban J connectivity index is 2.96. The van der Waals surface area contributed by atoms with Crippen LogP contribution in [0.15, 0.2) is 18.2 Å². The zero-order valence-corrected chi connectivity index (χ0v) is 9.48. The summed E-state index contributed by atoms with van der Waals surface area (Å²) in [5.41, 5.74) is 0.0302. The molecule has 0 aliphatic heterocycles. The van der Waals surface area contributed by atoms with Gasteiger partial charge in [0.15, 0.2) is 5.38 Å². The maximum absolute atomic E-state index is 13.4. The summed E-state index contributed by atoms with van der Waals surface area (Å²) in [6, 6.07) is 4.31. The molecule has 0 aliphatic rings. The normalized spacial score (nSPS) is 12.3. The smallest absolute Gasteiger partial charge is 0.328 e. The molecule has 2 nitrogen and oxygen atoms in total. The van der Waals surface area contributed by atoms with Gasteiger partial charge < -0.3 is 4.74 Å². The highest BCUT2D eigenvalue weighted by atomic mass is 35.5. The topological polar surface area (TPSA) is 26.3 Å². The van der Waals surface area contributed by atoms with Crippen molar-refractivity contribution in [1.29, 1.82) is 0 Å². The number of benzene rings is 1. The van der Waals surface area contributed by atoms with Crippen LogP contribution in [0.4, 0.5) is 4.39 Å². The van der Waals surface area contributed by atoms with Crippen LogP contribution in [0.1, 0.15) is 17.9 Å². The van der Waals surface area contributed by atoms with Crippen molar-refractivity contribution >= 4 is 29.2 Å².